The molecular formula is C14H9Cl2N3OS. The Kier molecular flexibility index (Phi) is 3.03. The van der Waals surface area contributed by atoms with Crippen molar-refractivity contribution in [3.63, 3.8) is 0 Å². The monoisotopic (exact) mass is 337 g/mol. The molecule has 0 radical (unpaired) electrons. The van der Waals surface area contributed by atoms with E-state index < -0.39 is 0 Å². The van der Waals surface area contributed by atoms with E-state index in [0.717, 1.165) is 34.4 Å². The minimum atomic E-state index is -0.171. The fourth-order valence-corrected chi connectivity index (χ4v) is 4.11. The van der Waals surface area contributed by atoms with Crippen LogP contribution in [0.25, 0.3) is 11.6 Å². The molecule has 2 aliphatic heterocycles. The quantitative estimate of drug-likeness (QED) is 0.805. The Morgan fingerprint density at radius 3 is 3.10 bits per heavy atom. The molecule has 1 N–H and O–H groups in total. The first-order valence-corrected chi connectivity index (χ1v) is 8.10. The van der Waals surface area contributed by atoms with E-state index >= 15 is 0 Å². The summed E-state index contributed by atoms with van der Waals surface area (Å²) in [5, 5.41) is 4.67. The molecule has 3 heterocycles. The standard InChI is InChI=1S/C14H9Cl2N3OS/c15-8-2-1-3-9-11(8)7(13(20)17-9)6-10-12(16)18-14-19(10)4-5-21-14/h1-3,6H,4-5H2,(H,17,20)/b7-6+. The number of imidazole rings is 1. The minimum absolute atomic E-state index is 0.171. The van der Waals surface area contributed by atoms with Gasteiger partial charge in [-0.15, -0.1) is 0 Å². The van der Waals surface area contributed by atoms with E-state index in [-0.39, 0.29) is 5.91 Å². The number of nitrogens with zero attached hydrogens (tertiary/aromatic N) is 2. The van der Waals surface area contributed by atoms with E-state index in [1.165, 1.54) is 0 Å². The number of carbonyl (C=O) groups is 1. The van der Waals surface area contributed by atoms with Gasteiger partial charge in [-0.2, -0.15) is 0 Å². The number of nitrogens with one attached hydrogen (secondary N) is 1. The van der Waals surface area contributed by atoms with E-state index in [0.29, 0.717) is 15.7 Å². The molecule has 4 rings (SSSR count). The maximum atomic E-state index is 12.2. The first-order chi connectivity index (χ1) is 10.1. The second-order valence-electron chi connectivity index (χ2n) is 4.75. The van der Waals surface area contributed by atoms with E-state index in [1.54, 1.807) is 23.9 Å². The number of hydrogen-bond donors (Lipinski definition) is 1. The Morgan fingerprint density at radius 1 is 1.38 bits per heavy atom. The molecule has 0 spiro atoms. The highest BCUT2D eigenvalue weighted by Gasteiger charge is 2.28. The fraction of sp³-hybridized carbons (Fsp3) is 0.143. The zero-order valence-corrected chi connectivity index (χ0v) is 13.0. The highest BCUT2D eigenvalue weighted by Crippen LogP contribution is 2.39. The molecule has 4 nitrogen and oxygen atoms in total. The maximum Gasteiger partial charge on any atom is 0.256 e. The summed E-state index contributed by atoms with van der Waals surface area (Å²) in [6.07, 6.45) is 1.78. The van der Waals surface area contributed by atoms with Crippen molar-refractivity contribution in [3.8, 4) is 0 Å². The van der Waals surface area contributed by atoms with Crippen LogP contribution in [0.2, 0.25) is 10.2 Å². The van der Waals surface area contributed by atoms with Crippen LogP contribution >= 0.6 is 35.0 Å². The number of benzene rings is 1. The van der Waals surface area contributed by atoms with Crippen LogP contribution < -0.4 is 5.32 Å². The van der Waals surface area contributed by atoms with Crippen LogP contribution in [0.15, 0.2) is 23.4 Å². The topological polar surface area (TPSA) is 46.9 Å². The summed E-state index contributed by atoms with van der Waals surface area (Å²) < 4.78 is 2.03. The third kappa shape index (κ3) is 1.99. The lowest BCUT2D eigenvalue weighted by atomic mass is 10.1. The molecule has 0 atom stereocenters. The van der Waals surface area contributed by atoms with Crippen molar-refractivity contribution in [1.82, 2.24) is 9.55 Å². The summed E-state index contributed by atoms with van der Waals surface area (Å²) in [5.41, 5.74) is 2.73. The van der Waals surface area contributed by atoms with Gasteiger partial charge in [-0.1, -0.05) is 41.0 Å². The van der Waals surface area contributed by atoms with Gasteiger partial charge in [-0.25, -0.2) is 4.98 Å². The third-order valence-corrected chi connectivity index (χ3v) is 5.08. The highest BCUT2D eigenvalue weighted by atomic mass is 35.5. The second-order valence-corrected chi connectivity index (χ2v) is 6.57. The van der Waals surface area contributed by atoms with Crippen LogP contribution in [-0.4, -0.2) is 21.2 Å². The van der Waals surface area contributed by atoms with Gasteiger partial charge in [-0.05, 0) is 18.2 Å². The van der Waals surface area contributed by atoms with Crippen molar-refractivity contribution in [2.24, 2.45) is 0 Å². The zero-order chi connectivity index (χ0) is 14.6. The lowest BCUT2D eigenvalue weighted by Crippen LogP contribution is -2.04. The van der Waals surface area contributed by atoms with Crippen molar-refractivity contribution < 1.29 is 4.79 Å². The number of aromatic nitrogens is 2. The van der Waals surface area contributed by atoms with Gasteiger partial charge in [0.2, 0.25) is 0 Å². The van der Waals surface area contributed by atoms with Crippen LogP contribution in [-0.2, 0) is 11.3 Å². The first kappa shape index (κ1) is 13.2. The number of rotatable bonds is 1. The van der Waals surface area contributed by atoms with Crippen molar-refractivity contribution in [3.05, 3.63) is 39.6 Å². The number of fused-ring (bicyclic) bond motifs is 2. The average molecular weight is 338 g/mol. The van der Waals surface area contributed by atoms with E-state index in [2.05, 4.69) is 10.3 Å². The molecule has 1 aromatic carbocycles. The molecular weight excluding hydrogens is 329 g/mol. The van der Waals surface area contributed by atoms with Crippen LogP contribution in [0.5, 0.6) is 0 Å². The largest absolute Gasteiger partial charge is 0.321 e. The Hall–Kier alpha value is -1.43. The molecule has 106 valence electrons. The Morgan fingerprint density at radius 2 is 2.24 bits per heavy atom. The van der Waals surface area contributed by atoms with E-state index in [1.807, 2.05) is 16.7 Å². The van der Waals surface area contributed by atoms with E-state index in [4.69, 9.17) is 23.2 Å². The van der Waals surface area contributed by atoms with Gasteiger partial charge in [-0.3, -0.25) is 4.79 Å². The molecule has 0 fully saturated rings. The Bertz CT molecular complexity index is 813. The van der Waals surface area contributed by atoms with Gasteiger partial charge >= 0.3 is 0 Å². The number of amides is 1. The molecule has 0 bridgehead atoms. The summed E-state index contributed by atoms with van der Waals surface area (Å²) in [7, 11) is 0. The summed E-state index contributed by atoms with van der Waals surface area (Å²) in [6.45, 7) is 0.843. The van der Waals surface area contributed by atoms with Gasteiger partial charge in [0.15, 0.2) is 10.3 Å². The van der Waals surface area contributed by atoms with E-state index in [9.17, 15) is 4.79 Å². The van der Waals surface area contributed by atoms with Crippen LogP contribution in [0, 0.1) is 0 Å². The van der Waals surface area contributed by atoms with Gasteiger partial charge < -0.3 is 9.88 Å². The number of anilines is 1. The fourth-order valence-electron chi connectivity index (χ4n) is 2.59. The van der Waals surface area contributed by atoms with Gasteiger partial charge in [0.25, 0.3) is 5.91 Å². The zero-order valence-electron chi connectivity index (χ0n) is 10.7. The maximum absolute atomic E-state index is 12.2. The molecule has 2 aromatic rings. The van der Waals surface area contributed by atoms with Gasteiger partial charge in [0.1, 0.15) is 0 Å². The highest BCUT2D eigenvalue weighted by molar-refractivity contribution is 7.99. The number of thioether (sulfide) groups is 1. The third-order valence-electron chi connectivity index (χ3n) is 3.53. The number of carbonyl (C=O) groups excluding carboxylic acids is 1. The molecule has 0 unspecified atom stereocenters. The molecule has 1 aromatic heterocycles. The van der Waals surface area contributed by atoms with Crippen LogP contribution in [0.3, 0.4) is 0 Å². The van der Waals surface area contributed by atoms with Gasteiger partial charge in [0.05, 0.1) is 22.0 Å². The smallest absolute Gasteiger partial charge is 0.256 e. The van der Waals surface area contributed by atoms with Crippen molar-refractivity contribution in [2.75, 3.05) is 11.1 Å². The van der Waals surface area contributed by atoms with Gasteiger partial charge in [0, 0.05) is 17.9 Å². The summed E-state index contributed by atoms with van der Waals surface area (Å²) >= 11 is 14.1. The Balaban J connectivity index is 1.90. The average Bonchev–Trinajstić information content (AvgIpc) is 3.07. The molecule has 2 aliphatic rings. The molecule has 1 amide bonds. The number of hydrogen-bond acceptors (Lipinski definition) is 3. The first-order valence-electron chi connectivity index (χ1n) is 6.36. The minimum Gasteiger partial charge on any atom is -0.321 e. The van der Waals surface area contributed by atoms with Crippen LogP contribution in [0.4, 0.5) is 5.69 Å². The molecule has 0 aliphatic carbocycles. The lowest BCUT2D eigenvalue weighted by Gasteiger charge is -2.03. The lowest BCUT2D eigenvalue weighted by molar-refractivity contribution is -0.110. The normalized spacial score (nSPS) is 18.0. The van der Waals surface area contributed by atoms with Crippen molar-refractivity contribution in [1.29, 1.82) is 0 Å². The van der Waals surface area contributed by atoms with Crippen molar-refractivity contribution >= 4 is 58.2 Å². The van der Waals surface area contributed by atoms with Crippen LogP contribution in [0.1, 0.15) is 11.3 Å². The second kappa shape index (κ2) is 4.80. The number of halogens is 2. The SMILES string of the molecule is O=C1Nc2cccc(Cl)c2/C1=C\c1c(Cl)nc2n1CCS2. The predicted octanol–water partition coefficient (Wildman–Crippen LogP) is 3.79. The molecule has 0 saturated heterocycles. The summed E-state index contributed by atoms with van der Waals surface area (Å²) in [5.74, 6) is 0.800. The molecule has 0 saturated carbocycles. The predicted molar refractivity (Wildman–Crippen MR) is 85.9 cm³/mol. The Labute approximate surface area is 135 Å². The summed E-state index contributed by atoms with van der Waals surface area (Å²) in [6, 6.07) is 5.41. The molecule has 21 heavy (non-hydrogen) atoms. The molecule has 7 heteroatoms. The van der Waals surface area contributed by atoms with Crippen molar-refractivity contribution in [2.45, 2.75) is 11.7 Å². The summed E-state index contributed by atoms with van der Waals surface area (Å²) in [4.78, 5) is 16.5.